The van der Waals surface area contributed by atoms with E-state index in [1.54, 1.807) is 0 Å². The Morgan fingerprint density at radius 1 is 1.62 bits per heavy atom. The molecule has 0 saturated heterocycles. The molecule has 13 heavy (non-hydrogen) atoms. The molecule has 70 valence electrons. The molecule has 0 spiro atoms. The van der Waals surface area contributed by atoms with Crippen molar-refractivity contribution in [1.82, 2.24) is 4.98 Å². The second-order valence-electron chi connectivity index (χ2n) is 3.23. The molecule has 1 aromatic rings. The number of rotatable bonds is 0. The lowest BCUT2D eigenvalue weighted by molar-refractivity contribution is 0.829. The number of nitrogens with one attached hydrogen (secondary N) is 1. The fourth-order valence-corrected chi connectivity index (χ4v) is 1.84. The molecule has 4 heteroatoms. The predicted octanol–water partition coefficient (Wildman–Crippen LogP) is 2.10. The summed E-state index contributed by atoms with van der Waals surface area (Å²) in [6, 6.07) is 2.07. The summed E-state index contributed by atoms with van der Waals surface area (Å²) in [5.41, 5.74) is 1.12. The van der Waals surface area contributed by atoms with Gasteiger partial charge in [0.05, 0.1) is 5.69 Å². The molecule has 1 aliphatic heterocycles. The van der Waals surface area contributed by atoms with E-state index in [0.29, 0.717) is 0 Å². The predicted molar refractivity (Wildman–Crippen MR) is 58.3 cm³/mol. The highest BCUT2D eigenvalue weighted by molar-refractivity contribution is 9.10. The molecule has 1 N–H and O–H groups in total. The van der Waals surface area contributed by atoms with Crippen LogP contribution in [0.15, 0.2) is 16.7 Å². The van der Waals surface area contributed by atoms with E-state index in [2.05, 4.69) is 44.2 Å². The van der Waals surface area contributed by atoms with E-state index < -0.39 is 0 Å². The van der Waals surface area contributed by atoms with Crippen LogP contribution in [0.25, 0.3) is 0 Å². The molecule has 0 atom stereocenters. The van der Waals surface area contributed by atoms with Gasteiger partial charge in [0.2, 0.25) is 0 Å². The monoisotopic (exact) mass is 241 g/mol. The van der Waals surface area contributed by atoms with Crippen molar-refractivity contribution < 1.29 is 0 Å². The normalized spacial score (nSPS) is 16.0. The lowest BCUT2D eigenvalue weighted by Crippen LogP contribution is -2.18. The van der Waals surface area contributed by atoms with Gasteiger partial charge >= 0.3 is 0 Å². The molecular formula is C9H12BrN3. The van der Waals surface area contributed by atoms with E-state index in [1.165, 1.54) is 0 Å². The van der Waals surface area contributed by atoms with Gasteiger partial charge in [0.25, 0.3) is 0 Å². The van der Waals surface area contributed by atoms with E-state index >= 15 is 0 Å². The van der Waals surface area contributed by atoms with Crippen LogP contribution in [0.3, 0.4) is 0 Å². The molecule has 3 nitrogen and oxygen atoms in total. The minimum Gasteiger partial charge on any atom is -0.382 e. The zero-order valence-electron chi connectivity index (χ0n) is 7.55. The number of anilines is 2. The first-order chi connectivity index (χ1) is 6.27. The molecule has 0 aliphatic carbocycles. The first-order valence-corrected chi connectivity index (χ1v) is 5.17. The van der Waals surface area contributed by atoms with Gasteiger partial charge in [0, 0.05) is 30.8 Å². The average molecular weight is 242 g/mol. The van der Waals surface area contributed by atoms with Crippen LogP contribution >= 0.6 is 15.9 Å². The minimum atomic E-state index is 1.02. The van der Waals surface area contributed by atoms with E-state index in [4.69, 9.17) is 0 Å². The highest BCUT2D eigenvalue weighted by atomic mass is 79.9. The maximum Gasteiger partial charge on any atom is 0.151 e. The van der Waals surface area contributed by atoms with Crippen molar-refractivity contribution in [2.24, 2.45) is 0 Å². The molecule has 1 aromatic heterocycles. The molecule has 0 aromatic carbocycles. The van der Waals surface area contributed by atoms with Crippen molar-refractivity contribution in [2.45, 2.75) is 6.42 Å². The summed E-state index contributed by atoms with van der Waals surface area (Å²) >= 11 is 3.41. The highest BCUT2D eigenvalue weighted by Gasteiger charge is 2.12. The van der Waals surface area contributed by atoms with Gasteiger partial charge in [-0.05, 0) is 28.4 Å². The zero-order valence-corrected chi connectivity index (χ0v) is 9.13. The quantitative estimate of drug-likeness (QED) is 0.755. The van der Waals surface area contributed by atoms with E-state index in [1.807, 2.05) is 6.20 Å². The minimum absolute atomic E-state index is 1.02. The maximum absolute atomic E-state index is 4.38. The molecule has 2 rings (SSSR count). The second-order valence-corrected chi connectivity index (χ2v) is 4.14. The molecule has 0 fully saturated rings. The van der Waals surface area contributed by atoms with Gasteiger partial charge in [-0.1, -0.05) is 0 Å². The Labute approximate surface area is 86.3 Å². The number of hydrogen-bond donors (Lipinski definition) is 1. The van der Waals surface area contributed by atoms with Gasteiger partial charge in [0.1, 0.15) is 0 Å². The van der Waals surface area contributed by atoms with Crippen LogP contribution in [0.2, 0.25) is 0 Å². The van der Waals surface area contributed by atoms with Crippen molar-refractivity contribution in [2.75, 3.05) is 30.4 Å². The number of hydrogen-bond acceptors (Lipinski definition) is 3. The maximum atomic E-state index is 4.38. The number of halogens is 1. The number of fused-ring (bicyclic) bond motifs is 1. The Kier molecular flexibility index (Phi) is 2.40. The van der Waals surface area contributed by atoms with Crippen molar-refractivity contribution in [3.63, 3.8) is 0 Å². The van der Waals surface area contributed by atoms with Crippen LogP contribution in [-0.4, -0.2) is 25.1 Å². The Hall–Kier alpha value is -0.770. The molecular weight excluding hydrogens is 230 g/mol. The van der Waals surface area contributed by atoms with Crippen molar-refractivity contribution in [3.05, 3.63) is 16.7 Å². The third-order valence-corrected chi connectivity index (χ3v) is 2.61. The van der Waals surface area contributed by atoms with E-state index in [0.717, 1.165) is 35.5 Å². The molecule has 0 saturated carbocycles. The van der Waals surface area contributed by atoms with E-state index in [-0.39, 0.29) is 0 Å². The summed E-state index contributed by atoms with van der Waals surface area (Å²) < 4.78 is 1.02. The molecule has 0 unspecified atom stereocenters. The topological polar surface area (TPSA) is 28.2 Å². The van der Waals surface area contributed by atoms with Gasteiger partial charge in [0.15, 0.2) is 5.82 Å². The summed E-state index contributed by atoms with van der Waals surface area (Å²) in [5, 5.41) is 3.36. The lowest BCUT2D eigenvalue weighted by Gasteiger charge is -2.16. The van der Waals surface area contributed by atoms with Gasteiger partial charge in [-0.2, -0.15) is 0 Å². The Morgan fingerprint density at radius 3 is 3.31 bits per heavy atom. The molecule has 2 heterocycles. The number of pyridine rings is 1. The number of nitrogens with zero attached hydrogens (tertiary/aromatic N) is 2. The van der Waals surface area contributed by atoms with Gasteiger partial charge in [-0.15, -0.1) is 0 Å². The Morgan fingerprint density at radius 2 is 2.46 bits per heavy atom. The summed E-state index contributed by atoms with van der Waals surface area (Å²) in [6.07, 6.45) is 2.99. The average Bonchev–Trinajstić information content (AvgIpc) is 2.28. The summed E-state index contributed by atoms with van der Waals surface area (Å²) in [4.78, 5) is 6.56. The molecule has 0 bridgehead atoms. The molecule has 0 amide bonds. The molecule has 1 aliphatic rings. The van der Waals surface area contributed by atoms with Gasteiger partial charge < -0.3 is 10.2 Å². The van der Waals surface area contributed by atoms with Crippen LogP contribution in [0.1, 0.15) is 6.42 Å². The molecule has 0 radical (unpaired) electrons. The SMILES string of the molecule is CN1CCCNc2cc(Br)cnc21. The summed E-state index contributed by atoms with van der Waals surface area (Å²) in [5.74, 6) is 1.04. The van der Waals surface area contributed by atoms with Gasteiger partial charge in [-0.25, -0.2) is 4.98 Å². The standard InChI is InChI=1S/C9H12BrN3/c1-13-4-2-3-11-8-5-7(10)6-12-9(8)13/h5-6,11H,2-4H2,1H3. The van der Waals surface area contributed by atoms with Crippen molar-refractivity contribution in [3.8, 4) is 0 Å². The highest BCUT2D eigenvalue weighted by Crippen LogP contribution is 2.27. The van der Waals surface area contributed by atoms with Crippen molar-refractivity contribution >= 4 is 27.4 Å². The first-order valence-electron chi connectivity index (χ1n) is 4.38. The first kappa shape index (κ1) is 8.81. The Bertz CT molecular complexity index is 314. The van der Waals surface area contributed by atoms with Crippen LogP contribution in [0, 0.1) is 0 Å². The second kappa shape index (κ2) is 3.54. The van der Waals surface area contributed by atoms with E-state index in [9.17, 15) is 0 Å². The van der Waals surface area contributed by atoms with Crippen LogP contribution in [0.5, 0.6) is 0 Å². The van der Waals surface area contributed by atoms with Crippen LogP contribution in [0.4, 0.5) is 11.5 Å². The summed E-state index contributed by atoms with van der Waals surface area (Å²) in [7, 11) is 2.08. The smallest absolute Gasteiger partial charge is 0.151 e. The fourth-order valence-electron chi connectivity index (χ4n) is 1.51. The summed E-state index contributed by atoms with van der Waals surface area (Å²) in [6.45, 7) is 2.09. The van der Waals surface area contributed by atoms with Crippen molar-refractivity contribution in [1.29, 1.82) is 0 Å². The van der Waals surface area contributed by atoms with Crippen LogP contribution in [-0.2, 0) is 0 Å². The van der Waals surface area contributed by atoms with Gasteiger partial charge in [-0.3, -0.25) is 0 Å². The Balaban J connectivity index is 2.42. The third kappa shape index (κ3) is 1.77. The fraction of sp³-hybridized carbons (Fsp3) is 0.444. The van der Waals surface area contributed by atoms with Crippen LogP contribution < -0.4 is 10.2 Å². The third-order valence-electron chi connectivity index (χ3n) is 2.18. The zero-order chi connectivity index (χ0) is 9.26. The number of aromatic nitrogens is 1. The largest absolute Gasteiger partial charge is 0.382 e. The lowest BCUT2D eigenvalue weighted by atomic mass is 10.4.